The second-order valence-corrected chi connectivity index (χ2v) is 7.97. The smallest absolute Gasteiger partial charge is 0.247 e. The SMILES string of the molecule is Cc1ccc(Sc2c(-c3ccc(-c4nnco4)cc3)nc(-c3ccccn3)n2C)nc1. The summed E-state index contributed by atoms with van der Waals surface area (Å²) >= 11 is 1.58. The number of pyridine rings is 2. The van der Waals surface area contributed by atoms with Crippen molar-refractivity contribution in [1.29, 1.82) is 0 Å². The summed E-state index contributed by atoms with van der Waals surface area (Å²) in [6.07, 6.45) is 4.97. The zero-order valence-electron chi connectivity index (χ0n) is 16.9. The molecule has 0 spiro atoms. The Morgan fingerprint density at radius 2 is 1.77 bits per heavy atom. The first kappa shape index (κ1) is 19.2. The van der Waals surface area contributed by atoms with Crippen LogP contribution in [0.5, 0.6) is 0 Å². The Hall–Kier alpha value is -3.78. The molecule has 0 N–H and O–H groups in total. The van der Waals surface area contributed by atoms with E-state index in [1.54, 1.807) is 18.0 Å². The molecule has 8 heteroatoms. The van der Waals surface area contributed by atoms with Gasteiger partial charge < -0.3 is 8.98 Å². The Bertz CT molecular complexity index is 1300. The van der Waals surface area contributed by atoms with Crippen LogP contribution in [0.4, 0.5) is 0 Å². The minimum Gasteiger partial charge on any atom is -0.423 e. The molecule has 0 amide bonds. The molecular weight excluding hydrogens is 408 g/mol. The maximum atomic E-state index is 5.30. The van der Waals surface area contributed by atoms with Gasteiger partial charge in [0.15, 0.2) is 5.82 Å². The van der Waals surface area contributed by atoms with Crippen LogP contribution in [-0.4, -0.2) is 29.7 Å². The second kappa shape index (κ2) is 8.16. The quantitative estimate of drug-likeness (QED) is 0.389. The number of imidazole rings is 1. The Labute approximate surface area is 183 Å². The topological polar surface area (TPSA) is 82.5 Å². The molecule has 0 aliphatic heterocycles. The maximum Gasteiger partial charge on any atom is 0.247 e. The van der Waals surface area contributed by atoms with Crippen LogP contribution < -0.4 is 0 Å². The molecule has 5 rings (SSSR count). The van der Waals surface area contributed by atoms with Gasteiger partial charge in [-0.2, -0.15) is 0 Å². The van der Waals surface area contributed by atoms with Gasteiger partial charge in [-0.25, -0.2) is 9.97 Å². The van der Waals surface area contributed by atoms with E-state index in [-0.39, 0.29) is 0 Å². The summed E-state index contributed by atoms with van der Waals surface area (Å²) in [6, 6.07) is 17.8. The van der Waals surface area contributed by atoms with Crippen LogP contribution in [0.25, 0.3) is 34.2 Å². The summed E-state index contributed by atoms with van der Waals surface area (Å²) in [7, 11) is 2.00. The van der Waals surface area contributed by atoms with E-state index < -0.39 is 0 Å². The minimum atomic E-state index is 0.486. The van der Waals surface area contributed by atoms with Crippen LogP contribution in [0.1, 0.15) is 5.56 Å². The molecule has 0 fully saturated rings. The van der Waals surface area contributed by atoms with Gasteiger partial charge in [0, 0.05) is 30.6 Å². The largest absolute Gasteiger partial charge is 0.423 e. The van der Waals surface area contributed by atoms with Gasteiger partial charge in [-0.3, -0.25) is 4.98 Å². The van der Waals surface area contributed by atoms with Crippen LogP contribution in [0.15, 0.2) is 87.9 Å². The van der Waals surface area contributed by atoms with E-state index in [1.165, 1.54) is 6.39 Å². The highest BCUT2D eigenvalue weighted by Crippen LogP contribution is 2.38. The molecule has 152 valence electrons. The van der Waals surface area contributed by atoms with Crippen molar-refractivity contribution in [2.75, 3.05) is 0 Å². The van der Waals surface area contributed by atoms with E-state index in [1.807, 2.05) is 68.7 Å². The van der Waals surface area contributed by atoms with Crippen LogP contribution >= 0.6 is 11.8 Å². The molecular formula is C23H18N6OS. The lowest BCUT2D eigenvalue weighted by molar-refractivity contribution is 0.568. The van der Waals surface area contributed by atoms with Crippen molar-refractivity contribution >= 4 is 11.8 Å². The normalized spacial score (nSPS) is 11.0. The molecule has 4 heterocycles. The van der Waals surface area contributed by atoms with Gasteiger partial charge in [-0.1, -0.05) is 24.3 Å². The van der Waals surface area contributed by atoms with E-state index in [4.69, 9.17) is 9.40 Å². The van der Waals surface area contributed by atoms with E-state index in [2.05, 4.69) is 30.8 Å². The zero-order chi connectivity index (χ0) is 21.2. The first-order valence-electron chi connectivity index (χ1n) is 9.64. The van der Waals surface area contributed by atoms with Gasteiger partial charge in [0.25, 0.3) is 0 Å². The third-order valence-corrected chi connectivity index (χ3v) is 5.90. The van der Waals surface area contributed by atoms with Crippen molar-refractivity contribution in [3.8, 4) is 34.2 Å². The molecule has 5 aromatic rings. The predicted octanol–water partition coefficient (Wildman–Crippen LogP) is 5.05. The van der Waals surface area contributed by atoms with Gasteiger partial charge in [0.05, 0.1) is 0 Å². The van der Waals surface area contributed by atoms with Gasteiger partial charge in [-0.05, 0) is 54.6 Å². The van der Waals surface area contributed by atoms with Crippen molar-refractivity contribution in [2.45, 2.75) is 17.0 Å². The number of nitrogens with zero attached hydrogens (tertiary/aromatic N) is 6. The number of benzene rings is 1. The van der Waals surface area contributed by atoms with E-state index in [9.17, 15) is 0 Å². The number of rotatable bonds is 5. The van der Waals surface area contributed by atoms with Gasteiger partial charge in [0.1, 0.15) is 21.4 Å². The number of hydrogen-bond donors (Lipinski definition) is 0. The van der Waals surface area contributed by atoms with Gasteiger partial charge in [0.2, 0.25) is 12.3 Å². The fraction of sp³-hybridized carbons (Fsp3) is 0.0870. The molecule has 0 atom stereocenters. The Morgan fingerprint density at radius 3 is 2.45 bits per heavy atom. The maximum absolute atomic E-state index is 5.30. The zero-order valence-corrected chi connectivity index (χ0v) is 17.7. The highest BCUT2D eigenvalue weighted by atomic mass is 32.2. The molecule has 0 aliphatic carbocycles. The summed E-state index contributed by atoms with van der Waals surface area (Å²) in [5, 5.41) is 9.61. The van der Waals surface area contributed by atoms with Crippen molar-refractivity contribution in [3.63, 3.8) is 0 Å². The molecule has 0 saturated carbocycles. The average Bonchev–Trinajstić information content (AvgIpc) is 3.45. The summed E-state index contributed by atoms with van der Waals surface area (Å²) < 4.78 is 7.36. The van der Waals surface area contributed by atoms with Crippen LogP contribution in [-0.2, 0) is 7.05 Å². The third kappa shape index (κ3) is 3.85. The molecule has 0 saturated heterocycles. The Balaban J connectivity index is 1.60. The van der Waals surface area contributed by atoms with E-state index in [0.29, 0.717) is 5.89 Å². The Kier molecular flexibility index (Phi) is 5.05. The molecule has 0 bridgehead atoms. The first-order chi connectivity index (χ1) is 15.2. The lowest BCUT2D eigenvalue weighted by Crippen LogP contribution is -1.96. The monoisotopic (exact) mass is 426 g/mol. The highest BCUT2D eigenvalue weighted by molar-refractivity contribution is 7.99. The first-order valence-corrected chi connectivity index (χ1v) is 10.5. The molecule has 0 radical (unpaired) electrons. The number of hydrogen-bond acceptors (Lipinski definition) is 7. The lowest BCUT2D eigenvalue weighted by atomic mass is 10.1. The van der Waals surface area contributed by atoms with Gasteiger partial charge in [-0.15, -0.1) is 10.2 Å². The van der Waals surface area contributed by atoms with Crippen LogP contribution in [0, 0.1) is 6.92 Å². The predicted molar refractivity (Wildman–Crippen MR) is 118 cm³/mol. The number of aryl methyl sites for hydroxylation is 1. The summed E-state index contributed by atoms with van der Waals surface area (Å²) in [4.78, 5) is 14.0. The minimum absolute atomic E-state index is 0.486. The fourth-order valence-electron chi connectivity index (χ4n) is 3.20. The molecule has 7 nitrogen and oxygen atoms in total. The van der Waals surface area contributed by atoms with Crippen molar-refractivity contribution in [3.05, 3.63) is 78.9 Å². The molecule has 31 heavy (non-hydrogen) atoms. The second-order valence-electron chi connectivity index (χ2n) is 6.96. The van der Waals surface area contributed by atoms with E-state index >= 15 is 0 Å². The summed E-state index contributed by atoms with van der Waals surface area (Å²) in [5.41, 5.74) is 4.65. The van der Waals surface area contributed by atoms with Gasteiger partial charge >= 0.3 is 0 Å². The van der Waals surface area contributed by atoms with Crippen LogP contribution in [0.3, 0.4) is 0 Å². The standard InChI is InChI=1S/C23H18N6OS/c1-15-6-11-19(25-13-15)31-23-20(27-21(29(23)2)18-5-3-4-12-24-18)16-7-9-17(10-8-16)22-28-26-14-30-22/h3-14H,1-2H3. The molecule has 0 aliphatic rings. The number of aromatic nitrogens is 6. The summed E-state index contributed by atoms with van der Waals surface area (Å²) in [6.45, 7) is 2.03. The molecule has 4 aromatic heterocycles. The fourth-order valence-corrected chi connectivity index (χ4v) is 4.12. The lowest BCUT2D eigenvalue weighted by Gasteiger charge is -2.07. The van der Waals surface area contributed by atoms with Crippen LogP contribution in [0.2, 0.25) is 0 Å². The highest BCUT2D eigenvalue weighted by Gasteiger charge is 2.20. The van der Waals surface area contributed by atoms with E-state index in [0.717, 1.165) is 44.0 Å². The molecule has 1 aromatic carbocycles. The molecule has 0 unspecified atom stereocenters. The summed E-state index contributed by atoms with van der Waals surface area (Å²) in [5.74, 6) is 1.28. The average molecular weight is 427 g/mol. The van der Waals surface area contributed by atoms with Crippen molar-refractivity contribution < 1.29 is 4.42 Å². The van der Waals surface area contributed by atoms with Crippen molar-refractivity contribution in [2.24, 2.45) is 7.05 Å². The van der Waals surface area contributed by atoms with Crippen molar-refractivity contribution in [1.82, 2.24) is 29.7 Å². The Morgan fingerprint density at radius 1 is 0.935 bits per heavy atom. The third-order valence-electron chi connectivity index (χ3n) is 4.79.